The van der Waals surface area contributed by atoms with Gasteiger partial charge in [-0.2, -0.15) is 0 Å². The first-order valence-corrected chi connectivity index (χ1v) is 13.1. The smallest absolute Gasteiger partial charge is 0.291 e. The molecule has 2 heterocycles. The van der Waals surface area contributed by atoms with Gasteiger partial charge in [0, 0.05) is 11.0 Å². The third kappa shape index (κ3) is 4.70. The van der Waals surface area contributed by atoms with E-state index >= 15 is 0 Å². The molecule has 0 saturated heterocycles. The summed E-state index contributed by atoms with van der Waals surface area (Å²) in [5, 5.41) is 0.449. The Kier molecular flexibility index (Phi) is 6.97. The molecule has 3 aromatic carbocycles. The number of fused-ring (bicyclic) bond motifs is 2. The van der Waals surface area contributed by atoms with Gasteiger partial charge in [0.15, 0.2) is 5.43 Å². The van der Waals surface area contributed by atoms with Gasteiger partial charge in [0.1, 0.15) is 11.3 Å². The minimum atomic E-state index is -0.576. The van der Waals surface area contributed by atoms with Crippen molar-refractivity contribution in [2.75, 3.05) is 6.61 Å². The van der Waals surface area contributed by atoms with E-state index in [-0.39, 0.29) is 17.1 Å². The molecule has 36 heavy (non-hydrogen) atoms. The molecular formula is C30H28BrNO4. The highest BCUT2D eigenvalue weighted by Crippen LogP contribution is 2.40. The molecule has 1 unspecified atom stereocenters. The van der Waals surface area contributed by atoms with E-state index in [9.17, 15) is 9.59 Å². The van der Waals surface area contributed by atoms with Crippen molar-refractivity contribution in [3.63, 3.8) is 0 Å². The van der Waals surface area contributed by atoms with Gasteiger partial charge in [-0.3, -0.25) is 9.59 Å². The molecule has 0 aliphatic carbocycles. The number of hydrogen-bond donors (Lipinski definition) is 0. The van der Waals surface area contributed by atoms with Crippen molar-refractivity contribution in [1.29, 1.82) is 0 Å². The fraction of sp³-hybridized carbons (Fsp3) is 0.267. The van der Waals surface area contributed by atoms with Crippen LogP contribution in [0.2, 0.25) is 0 Å². The van der Waals surface area contributed by atoms with Crippen LogP contribution in [0.4, 0.5) is 0 Å². The highest BCUT2D eigenvalue weighted by Gasteiger charge is 2.42. The van der Waals surface area contributed by atoms with E-state index in [0.717, 1.165) is 46.2 Å². The molecule has 0 bridgehead atoms. The van der Waals surface area contributed by atoms with Crippen molar-refractivity contribution in [3.8, 4) is 5.75 Å². The topological polar surface area (TPSA) is 59.8 Å². The van der Waals surface area contributed by atoms with E-state index in [2.05, 4.69) is 22.9 Å². The average molecular weight is 546 g/mol. The second-order valence-corrected chi connectivity index (χ2v) is 10.2. The zero-order valence-corrected chi connectivity index (χ0v) is 22.0. The summed E-state index contributed by atoms with van der Waals surface area (Å²) in [5.74, 6) is 0.556. The SMILES string of the molecule is CCCCCOc1cccc(C2c3c(oc4ccc(Br)cc4c3=O)C(=O)N2Cc2ccc(C)cc2)c1. The highest BCUT2D eigenvalue weighted by atomic mass is 79.9. The largest absolute Gasteiger partial charge is 0.494 e. The van der Waals surface area contributed by atoms with Gasteiger partial charge in [0.25, 0.3) is 5.91 Å². The number of benzene rings is 3. The van der Waals surface area contributed by atoms with E-state index < -0.39 is 6.04 Å². The van der Waals surface area contributed by atoms with Gasteiger partial charge in [0.05, 0.1) is 23.6 Å². The zero-order chi connectivity index (χ0) is 25.2. The van der Waals surface area contributed by atoms with Gasteiger partial charge >= 0.3 is 0 Å². The van der Waals surface area contributed by atoms with Crippen LogP contribution in [-0.4, -0.2) is 17.4 Å². The number of hydrogen-bond acceptors (Lipinski definition) is 4. The lowest BCUT2D eigenvalue weighted by molar-refractivity contribution is 0.0714. The van der Waals surface area contributed by atoms with Crippen molar-refractivity contribution in [2.45, 2.75) is 45.7 Å². The van der Waals surface area contributed by atoms with Crippen molar-refractivity contribution < 1.29 is 13.9 Å². The van der Waals surface area contributed by atoms with Crippen LogP contribution in [-0.2, 0) is 6.54 Å². The number of rotatable bonds is 8. The summed E-state index contributed by atoms with van der Waals surface area (Å²) in [5.41, 5.74) is 3.54. The molecular weight excluding hydrogens is 518 g/mol. The van der Waals surface area contributed by atoms with Crippen LogP contribution in [0.3, 0.4) is 0 Å². The van der Waals surface area contributed by atoms with Gasteiger partial charge in [-0.25, -0.2) is 0 Å². The molecule has 1 aromatic heterocycles. The summed E-state index contributed by atoms with van der Waals surface area (Å²) >= 11 is 3.45. The molecule has 0 fully saturated rings. The Labute approximate surface area is 218 Å². The molecule has 4 aromatic rings. The number of aryl methyl sites for hydroxylation is 1. The fourth-order valence-corrected chi connectivity index (χ4v) is 5.07. The van der Waals surface area contributed by atoms with E-state index in [1.54, 1.807) is 23.1 Å². The molecule has 184 valence electrons. The second kappa shape index (κ2) is 10.3. The molecule has 6 heteroatoms. The highest BCUT2D eigenvalue weighted by molar-refractivity contribution is 9.10. The molecule has 0 radical (unpaired) electrons. The number of amides is 1. The Balaban J connectivity index is 1.61. The lowest BCUT2D eigenvalue weighted by Gasteiger charge is -2.25. The van der Waals surface area contributed by atoms with Crippen LogP contribution < -0.4 is 10.2 Å². The number of carbonyl (C=O) groups is 1. The van der Waals surface area contributed by atoms with Crippen LogP contribution in [0.5, 0.6) is 5.75 Å². The fourth-order valence-electron chi connectivity index (χ4n) is 4.71. The van der Waals surface area contributed by atoms with E-state index in [1.165, 1.54) is 0 Å². The van der Waals surface area contributed by atoms with E-state index in [1.807, 2.05) is 55.5 Å². The minimum Gasteiger partial charge on any atom is -0.494 e. The number of ether oxygens (including phenoxy) is 1. The second-order valence-electron chi connectivity index (χ2n) is 9.26. The first-order chi connectivity index (χ1) is 17.5. The zero-order valence-electron chi connectivity index (χ0n) is 20.4. The molecule has 5 nitrogen and oxygen atoms in total. The lowest BCUT2D eigenvalue weighted by Crippen LogP contribution is -2.29. The molecule has 0 saturated carbocycles. The summed E-state index contributed by atoms with van der Waals surface area (Å²) in [6, 6.07) is 20.5. The summed E-state index contributed by atoms with van der Waals surface area (Å²) in [6.07, 6.45) is 3.21. The molecule has 1 aliphatic rings. The normalized spacial score (nSPS) is 14.9. The summed E-state index contributed by atoms with van der Waals surface area (Å²) in [7, 11) is 0. The van der Waals surface area contributed by atoms with Gasteiger partial charge in [-0.05, 0) is 54.8 Å². The molecule has 1 atom stereocenters. The Morgan fingerprint density at radius 2 is 1.81 bits per heavy atom. The standard InChI is InChI=1S/C30H28BrNO4/c1-3-4-5-15-35-23-8-6-7-21(16-23)27-26-28(33)24-17-22(31)13-14-25(24)36-29(26)30(34)32(27)18-20-11-9-19(2)10-12-20/h6-14,16-17,27H,3-5,15,18H2,1-2H3. The van der Waals surface area contributed by atoms with Gasteiger partial charge < -0.3 is 14.1 Å². The summed E-state index contributed by atoms with van der Waals surface area (Å²) < 4.78 is 12.8. The number of halogens is 1. The average Bonchev–Trinajstić information content (AvgIpc) is 3.15. The third-order valence-corrected chi connectivity index (χ3v) is 7.08. The third-order valence-electron chi connectivity index (χ3n) is 6.59. The molecule has 1 aliphatic heterocycles. The quantitative estimate of drug-likeness (QED) is 0.220. The lowest BCUT2D eigenvalue weighted by atomic mass is 9.98. The van der Waals surface area contributed by atoms with Crippen LogP contribution in [0.15, 0.2) is 80.4 Å². The van der Waals surface area contributed by atoms with Crippen LogP contribution in [0.1, 0.15) is 65.0 Å². The first-order valence-electron chi connectivity index (χ1n) is 12.3. The number of unbranched alkanes of at least 4 members (excludes halogenated alkanes) is 2. The molecule has 0 N–H and O–H groups in total. The Morgan fingerprint density at radius 1 is 1.00 bits per heavy atom. The van der Waals surface area contributed by atoms with Crippen LogP contribution >= 0.6 is 15.9 Å². The van der Waals surface area contributed by atoms with Gasteiger partial charge in [-0.15, -0.1) is 0 Å². The van der Waals surface area contributed by atoms with Crippen molar-refractivity contribution in [1.82, 2.24) is 4.90 Å². The molecule has 0 spiro atoms. The van der Waals surface area contributed by atoms with Gasteiger partial charge in [0.2, 0.25) is 5.76 Å². The maximum atomic E-state index is 13.8. The summed E-state index contributed by atoms with van der Waals surface area (Å²) in [4.78, 5) is 29.2. The van der Waals surface area contributed by atoms with Crippen molar-refractivity contribution >= 4 is 32.8 Å². The van der Waals surface area contributed by atoms with Crippen LogP contribution in [0, 0.1) is 6.92 Å². The Morgan fingerprint density at radius 3 is 2.58 bits per heavy atom. The number of carbonyl (C=O) groups excluding carboxylic acids is 1. The minimum absolute atomic E-state index is 0.112. The van der Waals surface area contributed by atoms with Crippen molar-refractivity contribution in [3.05, 3.63) is 109 Å². The molecule has 1 amide bonds. The van der Waals surface area contributed by atoms with Crippen molar-refractivity contribution in [2.24, 2.45) is 0 Å². The predicted octanol–water partition coefficient (Wildman–Crippen LogP) is 7.18. The Bertz CT molecular complexity index is 1480. The maximum absolute atomic E-state index is 13.8. The van der Waals surface area contributed by atoms with E-state index in [4.69, 9.17) is 9.15 Å². The monoisotopic (exact) mass is 545 g/mol. The maximum Gasteiger partial charge on any atom is 0.291 e. The Hall–Kier alpha value is -3.38. The summed E-state index contributed by atoms with van der Waals surface area (Å²) in [6.45, 7) is 5.17. The van der Waals surface area contributed by atoms with Gasteiger partial charge in [-0.1, -0.05) is 77.7 Å². The molecule has 5 rings (SSSR count). The van der Waals surface area contributed by atoms with Crippen LogP contribution in [0.25, 0.3) is 11.0 Å². The number of nitrogens with zero attached hydrogens (tertiary/aromatic N) is 1. The predicted molar refractivity (Wildman–Crippen MR) is 145 cm³/mol. The first kappa shape index (κ1) is 24.3. The van der Waals surface area contributed by atoms with E-state index in [0.29, 0.717) is 29.7 Å².